The molecule has 1 aromatic carbocycles. The third-order valence-electron chi connectivity index (χ3n) is 5.19. The molecule has 3 rings (SSSR count). The summed E-state index contributed by atoms with van der Waals surface area (Å²) in [5.74, 6) is 0.388. The highest BCUT2D eigenvalue weighted by Crippen LogP contribution is 2.48. The summed E-state index contributed by atoms with van der Waals surface area (Å²) in [5, 5.41) is 7.77. The Hall–Kier alpha value is -0.810. The van der Waals surface area contributed by atoms with Crippen LogP contribution in [0.25, 0.3) is 0 Å². The Morgan fingerprint density at radius 3 is 2.58 bits per heavy atom. The average Bonchev–Trinajstić information content (AvgIpc) is 3.34. The van der Waals surface area contributed by atoms with Crippen molar-refractivity contribution in [3.05, 3.63) is 33.8 Å². The first-order valence-corrected chi connectivity index (χ1v) is 9.22. The predicted octanol–water partition coefficient (Wildman–Crippen LogP) is 3.23. The number of hydrogen-bond donors (Lipinski definition) is 2. The molecule has 1 heterocycles. The van der Waals surface area contributed by atoms with E-state index in [4.69, 9.17) is 27.9 Å². The zero-order valence-electron chi connectivity index (χ0n) is 13.9. The molecule has 2 atom stereocenters. The molecule has 2 fully saturated rings. The SMILES string of the molecule is COCC1(CNC(=O)C2CC2c2cc(Cl)cc(Cl)c2)CCNCC1. The van der Waals surface area contributed by atoms with Gasteiger partial charge in [0.2, 0.25) is 5.91 Å². The molecule has 2 N–H and O–H groups in total. The van der Waals surface area contributed by atoms with E-state index in [1.165, 1.54) is 0 Å². The molecule has 132 valence electrons. The molecular formula is C18H24Cl2N2O2. The van der Waals surface area contributed by atoms with Crippen LogP contribution < -0.4 is 10.6 Å². The molecule has 0 radical (unpaired) electrons. The molecule has 1 saturated heterocycles. The molecule has 0 bridgehead atoms. The van der Waals surface area contributed by atoms with Crippen molar-refractivity contribution in [1.82, 2.24) is 10.6 Å². The second kappa shape index (κ2) is 7.61. The van der Waals surface area contributed by atoms with Gasteiger partial charge < -0.3 is 15.4 Å². The number of benzene rings is 1. The molecule has 2 unspecified atom stereocenters. The van der Waals surface area contributed by atoms with Crippen LogP contribution in [0.5, 0.6) is 0 Å². The van der Waals surface area contributed by atoms with Gasteiger partial charge in [0.25, 0.3) is 0 Å². The number of halogens is 2. The van der Waals surface area contributed by atoms with Crippen LogP contribution >= 0.6 is 23.2 Å². The lowest BCUT2D eigenvalue weighted by Crippen LogP contribution is -2.47. The van der Waals surface area contributed by atoms with E-state index in [2.05, 4.69) is 10.6 Å². The lowest BCUT2D eigenvalue weighted by Gasteiger charge is -2.37. The topological polar surface area (TPSA) is 50.4 Å². The molecule has 6 heteroatoms. The smallest absolute Gasteiger partial charge is 0.223 e. The van der Waals surface area contributed by atoms with Crippen LogP contribution in [0.4, 0.5) is 0 Å². The maximum Gasteiger partial charge on any atom is 0.223 e. The number of piperidine rings is 1. The summed E-state index contributed by atoms with van der Waals surface area (Å²) in [4.78, 5) is 12.5. The van der Waals surface area contributed by atoms with E-state index < -0.39 is 0 Å². The van der Waals surface area contributed by atoms with Crippen LogP contribution in [0.1, 0.15) is 30.7 Å². The number of nitrogens with one attached hydrogen (secondary N) is 2. The number of amides is 1. The van der Waals surface area contributed by atoms with Crippen molar-refractivity contribution in [1.29, 1.82) is 0 Å². The van der Waals surface area contributed by atoms with Crippen molar-refractivity contribution in [2.75, 3.05) is 33.4 Å². The Balaban J connectivity index is 1.56. The van der Waals surface area contributed by atoms with Crippen LogP contribution in [0.15, 0.2) is 18.2 Å². The van der Waals surface area contributed by atoms with Gasteiger partial charge in [0.05, 0.1) is 6.61 Å². The molecule has 1 aliphatic carbocycles. The molecule has 0 spiro atoms. The number of hydrogen-bond acceptors (Lipinski definition) is 3. The standard InChI is InChI=1S/C18H24Cl2N2O2/c1-24-11-18(2-4-21-5-3-18)10-22-17(23)16-9-15(16)12-6-13(19)8-14(20)7-12/h6-8,15-16,21H,2-5,9-11H2,1H3,(H,22,23). The summed E-state index contributed by atoms with van der Waals surface area (Å²) in [6, 6.07) is 5.53. The van der Waals surface area contributed by atoms with Crippen molar-refractivity contribution < 1.29 is 9.53 Å². The van der Waals surface area contributed by atoms with Crippen LogP contribution in [0.2, 0.25) is 10.0 Å². The largest absolute Gasteiger partial charge is 0.384 e. The van der Waals surface area contributed by atoms with E-state index in [-0.39, 0.29) is 23.2 Å². The fourth-order valence-corrected chi connectivity index (χ4v) is 4.23. The summed E-state index contributed by atoms with van der Waals surface area (Å²) >= 11 is 12.1. The zero-order valence-corrected chi connectivity index (χ0v) is 15.4. The van der Waals surface area contributed by atoms with E-state index in [0.717, 1.165) is 37.9 Å². The van der Waals surface area contributed by atoms with Gasteiger partial charge in [0.1, 0.15) is 0 Å². The predicted molar refractivity (Wildman–Crippen MR) is 96.7 cm³/mol. The summed E-state index contributed by atoms with van der Waals surface area (Å²) in [7, 11) is 1.73. The van der Waals surface area contributed by atoms with Crippen molar-refractivity contribution in [2.45, 2.75) is 25.2 Å². The van der Waals surface area contributed by atoms with Gasteiger partial charge >= 0.3 is 0 Å². The quantitative estimate of drug-likeness (QED) is 0.807. The highest BCUT2D eigenvalue weighted by atomic mass is 35.5. The van der Waals surface area contributed by atoms with Crippen molar-refractivity contribution in [3.8, 4) is 0 Å². The fourth-order valence-electron chi connectivity index (χ4n) is 3.68. The van der Waals surface area contributed by atoms with Crippen LogP contribution in [-0.2, 0) is 9.53 Å². The van der Waals surface area contributed by atoms with E-state index in [1.807, 2.05) is 12.1 Å². The Morgan fingerprint density at radius 1 is 1.29 bits per heavy atom. The van der Waals surface area contributed by atoms with Crippen molar-refractivity contribution >= 4 is 29.1 Å². The Morgan fingerprint density at radius 2 is 1.96 bits per heavy atom. The van der Waals surface area contributed by atoms with Crippen molar-refractivity contribution in [2.24, 2.45) is 11.3 Å². The molecule has 4 nitrogen and oxygen atoms in total. The molecule has 1 aromatic rings. The molecule has 24 heavy (non-hydrogen) atoms. The third kappa shape index (κ3) is 4.23. The lowest BCUT2D eigenvalue weighted by atomic mass is 9.79. The second-order valence-electron chi connectivity index (χ2n) is 7.05. The van der Waals surface area contributed by atoms with Crippen LogP contribution in [0.3, 0.4) is 0 Å². The number of ether oxygens (including phenoxy) is 1. The molecule has 1 saturated carbocycles. The summed E-state index contributed by atoms with van der Waals surface area (Å²) in [5.41, 5.74) is 1.11. The van der Waals surface area contributed by atoms with E-state index in [0.29, 0.717) is 23.2 Å². The third-order valence-corrected chi connectivity index (χ3v) is 5.63. The Labute approximate surface area is 153 Å². The molecule has 1 amide bonds. The number of carbonyl (C=O) groups excluding carboxylic acids is 1. The zero-order chi connectivity index (χ0) is 17.2. The average molecular weight is 371 g/mol. The van der Waals surface area contributed by atoms with Gasteiger partial charge in [-0.1, -0.05) is 23.2 Å². The van der Waals surface area contributed by atoms with Gasteiger partial charge in [0, 0.05) is 35.0 Å². The van der Waals surface area contributed by atoms with Gasteiger partial charge in [-0.2, -0.15) is 0 Å². The fraction of sp³-hybridized carbons (Fsp3) is 0.611. The highest BCUT2D eigenvalue weighted by Gasteiger charge is 2.44. The number of methoxy groups -OCH3 is 1. The van der Waals surface area contributed by atoms with E-state index in [9.17, 15) is 4.79 Å². The maximum atomic E-state index is 12.5. The van der Waals surface area contributed by atoms with Gasteiger partial charge in [0.15, 0.2) is 0 Å². The first kappa shape index (κ1) is 18.0. The van der Waals surface area contributed by atoms with Gasteiger partial charge in [-0.25, -0.2) is 0 Å². The lowest BCUT2D eigenvalue weighted by molar-refractivity contribution is -0.123. The normalized spacial score (nSPS) is 25.3. The van der Waals surface area contributed by atoms with Crippen LogP contribution in [0, 0.1) is 11.3 Å². The minimum atomic E-state index is 0.0286. The van der Waals surface area contributed by atoms with Crippen LogP contribution in [-0.4, -0.2) is 39.3 Å². The summed E-state index contributed by atoms with van der Waals surface area (Å²) in [6.07, 6.45) is 2.92. The Kier molecular flexibility index (Phi) is 5.70. The minimum Gasteiger partial charge on any atom is -0.384 e. The first-order chi connectivity index (χ1) is 11.5. The molecule has 1 aliphatic heterocycles. The van der Waals surface area contributed by atoms with Crippen molar-refractivity contribution in [3.63, 3.8) is 0 Å². The summed E-state index contributed by atoms with van der Waals surface area (Å²) < 4.78 is 5.40. The minimum absolute atomic E-state index is 0.0286. The molecular weight excluding hydrogens is 347 g/mol. The molecule has 2 aliphatic rings. The number of carbonyl (C=O) groups is 1. The van der Waals surface area contributed by atoms with Gasteiger partial charge in [-0.3, -0.25) is 4.79 Å². The second-order valence-corrected chi connectivity index (χ2v) is 7.93. The first-order valence-electron chi connectivity index (χ1n) is 8.46. The monoisotopic (exact) mass is 370 g/mol. The van der Waals surface area contributed by atoms with E-state index in [1.54, 1.807) is 13.2 Å². The van der Waals surface area contributed by atoms with Gasteiger partial charge in [-0.15, -0.1) is 0 Å². The van der Waals surface area contributed by atoms with Gasteiger partial charge in [-0.05, 0) is 62.0 Å². The highest BCUT2D eigenvalue weighted by molar-refractivity contribution is 6.34. The Bertz CT molecular complexity index is 577. The molecule has 0 aromatic heterocycles. The summed E-state index contributed by atoms with van der Waals surface area (Å²) in [6.45, 7) is 3.33. The number of rotatable bonds is 6. The maximum absolute atomic E-state index is 12.5. The van der Waals surface area contributed by atoms with E-state index >= 15 is 0 Å².